The minimum absolute atomic E-state index is 0.0247. The SMILES string of the molecule is CCCc1nc(C(=O)NC2CCC(=O)N(C)C2)n[nH]1. The Labute approximate surface area is 111 Å². The first-order valence-corrected chi connectivity index (χ1v) is 6.56. The second kappa shape index (κ2) is 5.81. The zero-order valence-electron chi connectivity index (χ0n) is 11.3. The van der Waals surface area contributed by atoms with Crippen LogP contribution in [0.2, 0.25) is 0 Å². The summed E-state index contributed by atoms with van der Waals surface area (Å²) in [5.41, 5.74) is 0. The number of rotatable bonds is 4. The zero-order valence-corrected chi connectivity index (χ0v) is 11.3. The molecule has 0 spiro atoms. The molecular formula is C12H19N5O2. The maximum absolute atomic E-state index is 12.0. The Hall–Kier alpha value is -1.92. The highest BCUT2D eigenvalue weighted by Crippen LogP contribution is 2.10. The molecule has 0 aromatic carbocycles. The van der Waals surface area contributed by atoms with E-state index in [0.29, 0.717) is 19.4 Å². The minimum Gasteiger partial charge on any atom is -0.345 e. The van der Waals surface area contributed by atoms with Crippen LogP contribution in [0.3, 0.4) is 0 Å². The average Bonchev–Trinajstić information content (AvgIpc) is 2.83. The van der Waals surface area contributed by atoms with Gasteiger partial charge in [0.2, 0.25) is 11.7 Å². The number of hydrogen-bond donors (Lipinski definition) is 2. The van der Waals surface area contributed by atoms with E-state index in [1.54, 1.807) is 11.9 Å². The van der Waals surface area contributed by atoms with E-state index in [1.165, 1.54) is 0 Å². The van der Waals surface area contributed by atoms with Crippen molar-refractivity contribution in [2.45, 2.75) is 38.6 Å². The predicted octanol–water partition coefficient (Wildman–Crippen LogP) is 0.108. The van der Waals surface area contributed by atoms with Gasteiger partial charge in [0.25, 0.3) is 5.91 Å². The van der Waals surface area contributed by atoms with Crippen molar-refractivity contribution in [1.82, 2.24) is 25.4 Å². The second-order valence-electron chi connectivity index (χ2n) is 4.84. The molecule has 1 aromatic rings. The van der Waals surface area contributed by atoms with Gasteiger partial charge in [-0.1, -0.05) is 6.92 Å². The number of aryl methyl sites for hydroxylation is 1. The van der Waals surface area contributed by atoms with E-state index >= 15 is 0 Å². The average molecular weight is 265 g/mol. The highest BCUT2D eigenvalue weighted by molar-refractivity contribution is 5.90. The summed E-state index contributed by atoms with van der Waals surface area (Å²) in [6.07, 6.45) is 2.87. The molecule has 0 radical (unpaired) electrons. The van der Waals surface area contributed by atoms with E-state index in [0.717, 1.165) is 18.7 Å². The van der Waals surface area contributed by atoms with Gasteiger partial charge in [0.15, 0.2) is 0 Å². The lowest BCUT2D eigenvalue weighted by Crippen LogP contribution is -2.48. The van der Waals surface area contributed by atoms with Crippen molar-refractivity contribution in [2.75, 3.05) is 13.6 Å². The topological polar surface area (TPSA) is 91.0 Å². The van der Waals surface area contributed by atoms with Gasteiger partial charge in [0.1, 0.15) is 5.82 Å². The standard InChI is InChI=1S/C12H19N5O2/c1-3-4-9-14-11(16-15-9)12(19)13-8-5-6-10(18)17(2)7-8/h8H,3-7H2,1-2H3,(H,13,19)(H,14,15,16). The van der Waals surface area contributed by atoms with Gasteiger partial charge >= 0.3 is 0 Å². The Morgan fingerprint density at radius 3 is 3.05 bits per heavy atom. The summed E-state index contributed by atoms with van der Waals surface area (Å²) in [5, 5.41) is 9.52. The summed E-state index contributed by atoms with van der Waals surface area (Å²) >= 11 is 0. The number of likely N-dealkylation sites (tertiary alicyclic amines) is 1. The number of hydrogen-bond acceptors (Lipinski definition) is 4. The van der Waals surface area contributed by atoms with Crippen LogP contribution >= 0.6 is 0 Å². The fraction of sp³-hybridized carbons (Fsp3) is 0.667. The summed E-state index contributed by atoms with van der Waals surface area (Å²) in [6.45, 7) is 2.58. The van der Waals surface area contributed by atoms with Gasteiger partial charge in [-0.05, 0) is 12.8 Å². The Kier molecular flexibility index (Phi) is 4.13. The second-order valence-corrected chi connectivity index (χ2v) is 4.84. The molecule has 0 saturated carbocycles. The van der Waals surface area contributed by atoms with E-state index in [-0.39, 0.29) is 23.7 Å². The maximum Gasteiger partial charge on any atom is 0.291 e. The molecule has 1 fully saturated rings. The highest BCUT2D eigenvalue weighted by Gasteiger charge is 2.25. The normalized spacial score (nSPS) is 19.6. The molecule has 1 aliphatic rings. The first-order chi connectivity index (χ1) is 9.10. The number of carbonyl (C=O) groups is 2. The summed E-state index contributed by atoms with van der Waals surface area (Å²) in [6, 6.07) is -0.0247. The first-order valence-electron chi connectivity index (χ1n) is 6.56. The number of carbonyl (C=O) groups excluding carboxylic acids is 2. The summed E-state index contributed by atoms with van der Waals surface area (Å²) in [5.74, 6) is 0.728. The number of nitrogens with one attached hydrogen (secondary N) is 2. The zero-order chi connectivity index (χ0) is 13.8. The van der Waals surface area contributed by atoms with Crippen molar-refractivity contribution >= 4 is 11.8 Å². The van der Waals surface area contributed by atoms with Crippen LogP contribution in [0.4, 0.5) is 0 Å². The van der Waals surface area contributed by atoms with Crippen molar-refractivity contribution in [3.05, 3.63) is 11.6 Å². The quantitative estimate of drug-likeness (QED) is 0.808. The molecule has 1 saturated heterocycles. The molecule has 1 aromatic heterocycles. The summed E-state index contributed by atoms with van der Waals surface area (Å²) in [7, 11) is 1.74. The van der Waals surface area contributed by atoms with Crippen LogP contribution in [0.5, 0.6) is 0 Å². The van der Waals surface area contributed by atoms with Gasteiger partial charge < -0.3 is 10.2 Å². The molecule has 0 aliphatic carbocycles. The van der Waals surface area contributed by atoms with E-state index < -0.39 is 0 Å². The molecule has 1 aliphatic heterocycles. The van der Waals surface area contributed by atoms with Crippen LogP contribution in [-0.2, 0) is 11.2 Å². The Morgan fingerprint density at radius 1 is 1.58 bits per heavy atom. The molecule has 1 atom stereocenters. The van der Waals surface area contributed by atoms with Gasteiger partial charge in [0.05, 0.1) is 0 Å². The highest BCUT2D eigenvalue weighted by atomic mass is 16.2. The molecule has 7 nitrogen and oxygen atoms in total. The van der Waals surface area contributed by atoms with Gasteiger partial charge in [-0.25, -0.2) is 4.98 Å². The van der Waals surface area contributed by atoms with E-state index in [4.69, 9.17) is 0 Å². The van der Waals surface area contributed by atoms with Crippen molar-refractivity contribution in [2.24, 2.45) is 0 Å². The molecule has 2 N–H and O–H groups in total. The lowest BCUT2D eigenvalue weighted by molar-refractivity contribution is -0.132. The number of likely N-dealkylation sites (N-methyl/N-ethyl adjacent to an activating group) is 1. The van der Waals surface area contributed by atoms with Crippen LogP contribution in [-0.4, -0.2) is 51.5 Å². The number of piperidine rings is 1. The number of aromatic amines is 1. The van der Waals surface area contributed by atoms with Crippen LogP contribution in [0.1, 0.15) is 42.6 Å². The van der Waals surface area contributed by atoms with Gasteiger partial charge in [-0.15, -0.1) is 5.10 Å². The van der Waals surface area contributed by atoms with E-state index in [9.17, 15) is 9.59 Å². The van der Waals surface area contributed by atoms with Gasteiger partial charge in [-0.2, -0.15) is 0 Å². The van der Waals surface area contributed by atoms with E-state index in [1.807, 2.05) is 6.92 Å². The van der Waals surface area contributed by atoms with Crippen molar-refractivity contribution in [3.63, 3.8) is 0 Å². The minimum atomic E-state index is -0.286. The van der Waals surface area contributed by atoms with Crippen LogP contribution in [0.15, 0.2) is 0 Å². The molecular weight excluding hydrogens is 246 g/mol. The molecule has 1 unspecified atom stereocenters. The Morgan fingerprint density at radius 2 is 2.37 bits per heavy atom. The first kappa shape index (κ1) is 13.5. The van der Waals surface area contributed by atoms with Crippen LogP contribution in [0.25, 0.3) is 0 Å². The van der Waals surface area contributed by atoms with Gasteiger partial charge in [0, 0.05) is 32.5 Å². The largest absolute Gasteiger partial charge is 0.345 e. The van der Waals surface area contributed by atoms with Crippen LogP contribution < -0.4 is 5.32 Å². The van der Waals surface area contributed by atoms with Crippen molar-refractivity contribution in [3.8, 4) is 0 Å². The monoisotopic (exact) mass is 265 g/mol. The smallest absolute Gasteiger partial charge is 0.291 e. The van der Waals surface area contributed by atoms with Crippen LogP contribution in [0, 0.1) is 0 Å². The summed E-state index contributed by atoms with van der Waals surface area (Å²) < 4.78 is 0. The van der Waals surface area contributed by atoms with Gasteiger partial charge in [-0.3, -0.25) is 14.7 Å². The third-order valence-electron chi connectivity index (χ3n) is 3.18. The lowest BCUT2D eigenvalue weighted by atomic mass is 10.1. The van der Waals surface area contributed by atoms with Crippen molar-refractivity contribution < 1.29 is 9.59 Å². The summed E-state index contributed by atoms with van der Waals surface area (Å²) in [4.78, 5) is 29.1. The predicted molar refractivity (Wildman–Crippen MR) is 68.5 cm³/mol. The lowest BCUT2D eigenvalue weighted by Gasteiger charge is -2.29. The molecule has 2 rings (SSSR count). The molecule has 0 bridgehead atoms. The van der Waals surface area contributed by atoms with Crippen molar-refractivity contribution in [1.29, 1.82) is 0 Å². The molecule has 2 heterocycles. The Bertz CT molecular complexity index is 470. The Balaban J connectivity index is 1.91. The number of nitrogens with zero attached hydrogens (tertiary/aromatic N) is 3. The number of amides is 2. The third kappa shape index (κ3) is 3.30. The number of aromatic nitrogens is 3. The fourth-order valence-corrected chi connectivity index (χ4v) is 2.13. The third-order valence-corrected chi connectivity index (χ3v) is 3.18. The maximum atomic E-state index is 12.0. The molecule has 19 heavy (non-hydrogen) atoms. The van der Waals surface area contributed by atoms with E-state index in [2.05, 4.69) is 20.5 Å². The molecule has 2 amide bonds. The fourth-order valence-electron chi connectivity index (χ4n) is 2.13. The number of H-pyrrole nitrogens is 1. The molecule has 104 valence electrons. The molecule has 7 heteroatoms.